The number of fused-ring (bicyclic) bond motifs is 1. The van der Waals surface area contributed by atoms with E-state index >= 15 is 0 Å². The average molecular weight is 347 g/mol. The van der Waals surface area contributed by atoms with Crippen LogP contribution in [0.25, 0.3) is 0 Å². The molecule has 0 unspecified atom stereocenters. The first-order valence-corrected chi connectivity index (χ1v) is 8.41. The zero-order valence-electron chi connectivity index (χ0n) is 13.4. The molecule has 6 nitrogen and oxygen atoms in total. The number of hydrogen-bond donors (Lipinski definition) is 1. The highest BCUT2D eigenvalue weighted by molar-refractivity contribution is 7.80. The lowest BCUT2D eigenvalue weighted by molar-refractivity contribution is -0.142. The number of rotatable bonds is 3. The van der Waals surface area contributed by atoms with Gasteiger partial charge in [0.1, 0.15) is 6.61 Å². The highest BCUT2D eigenvalue weighted by atomic mass is 32.1. The van der Waals surface area contributed by atoms with Gasteiger partial charge in [0, 0.05) is 32.7 Å². The molecule has 2 aliphatic rings. The second-order valence-corrected chi connectivity index (χ2v) is 6.04. The van der Waals surface area contributed by atoms with Gasteiger partial charge in [-0.1, -0.05) is 18.2 Å². The van der Waals surface area contributed by atoms with Gasteiger partial charge in [0.15, 0.2) is 16.6 Å². The van der Waals surface area contributed by atoms with E-state index in [0.29, 0.717) is 49.3 Å². The number of amides is 1. The van der Waals surface area contributed by atoms with Crippen molar-refractivity contribution in [2.75, 3.05) is 39.3 Å². The minimum Gasteiger partial charge on any atom is -0.485 e. The van der Waals surface area contributed by atoms with Crippen molar-refractivity contribution in [2.45, 2.75) is 6.10 Å². The molecule has 3 rings (SSSR count). The van der Waals surface area contributed by atoms with Crippen molar-refractivity contribution in [3.63, 3.8) is 0 Å². The Hall–Kier alpha value is -2.28. The Balaban J connectivity index is 1.53. The van der Waals surface area contributed by atoms with Crippen LogP contribution in [0, 0.1) is 0 Å². The van der Waals surface area contributed by atoms with Crippen LogP contribution in [0.1, 0.15) is 0 Å². The molecule has 0 bridgehead atoms. The molecule has 0 radical (unpaired) electrons. The summed E-state index contributed by atoms with van der Waals surface area (Å²) in [5.74, 6) is 1.27. The highest BCUT2D eigenvalue weighted by Crippen LogP contribution is 2.31. The van der Waals surface area contributed by atoms with Crippen molar-refractivity contribution in [1.29, 1.82) is 0 Å². The molecule has 2 aliphatic heterocycles. The molecule has 0 aliphatic carbocycles. The summed E-state index contributed by atoms with van der Waals surface area (Å²) in [5, 5.41) is 3.81. The van der Waals surface area contributed by atoms with E-state index in [1.54, 1.807) is 6.08 Å². The first-order chi connectivity index (χ1) is 11.7. The summed E-state index contributed by atoms with van der Waals surface area (Å²) in [4.78, 5) is 16.5. The van der Waals surface area contributed by atoms with Gasteiger partial charge >= 0.3 is 0 Å². The third-order valence-corrected chi connectivity index (χ3v) is 4.46. The fourth-order valence-corrected chi connectivity index (χ4v) is 3.01. The van der Waals surface area contributed by atoms with Gasteiger partial charge in [-0.3, -0.25) is 4.79 Å². The number of nitrogens with one attached hydrogen (secondary N) is 1. The normalized spacial score (nSPS) is 19.6. The van der Waals surface area contributed by atoms with Crippen LogP contribution < -0.4 is 14.8 Å². The van der Waals surface area contributed by atoms with Crippen molar-refractivity contribution in [1.82, 2.24) is 15.1 Å². The van der Waals surface area contributed by atoms with Gasteiger partial charge in [-0.2, -0.15) is 0 Å². The second kappa shape index (κ2) is 7.53. The predicted octanol–water partition coefficient (Wildman–Crippen LogP) is 1.03. The minimum atomic E-state index is -0.586. The van der Waals surface area contributed by atoms with Crippen LogP contribution in [0.2, 0.25) is 0 Å². The molecule has 1 aromatic rings. The summed E-state index contributed by atoms with van der Waals surface area (Å²) in [6.07, 6.45) is 1.18. The summed E-state index contributed by atoms with van der Waals surface area (Å²) >= 11 is 5.33. The van der Waals surface area contributed by atoms with Crippen LogP contribution in [0.3, 0.4) is 0 Å². The molecule has 2 heterocycles. The van der Waals surface area contributed by atoms with Gasteiger partial charge in [0.05, 0.1) is 0 Å². The fourth-order valence-electron chi connectivity index (χ4n) is 2.75. The van der Waals surface area contributed by atoms with Crippen LogP contribution in [-0.4, -0.2) is 66.3 Å². The zero-order chi connectivity index (χ0) is 16.9. The predicted molar refractivity (Wildman–Crippen MR) is 95.3 cm³/mol. The van der Waals surface area contributed by atoms with Gasteiger partial charge in [-0.05, 0) is 24.4 Å². The van der Waals surface area contributed by atoms with Crippen molar-refractivity contribution in [3.8, 4) is 11.5 Å². The minimum absolute atomic E-state index is 0.0332. The van der Waals surface area contributed by atoms with Gasteiger partial charge < -0.3 is 24.6 Å². The molecule has 0 aromatic heterocycles. The Morgan fingerprint density at radius 1 is 1.25 bits per heavy atom. The summed E-state index contributed by atoms with van der Waals surface area (Å²) < 4.78 is 11.4. The van der Waals surface area contributed by atoms with Gasteiger partial charge in [0.2, 0.25) is 6.10 Å². The topological polar surface area (TPSA) is 54.0 Å². The quantitative estimate of drug-likeness (QED) is 0.651. The lowest BCUT2D eigenvalue weighted by atomic mass is 10.2. The Bertz CT molecular complexity index is 629. The SMILES string of the molecule is C=CCNC(=S)N1CCN(C(=O)[C@H]2COc3ccccc3O2)CC1. The van der Waals surface area contributed by atoms with E-state index in [9.17, 15) is 4.79 Å². The molecular weight excluding hydrogens is 326 g/mol. The summed E-state index contributed by atoms with van der Waals surface area (Å²) in [6, 6.07) is 7.40. The molecular formula is C17H21N3O3S. The number of carbonyl (C=O) groups excluding carboxylic acids is 1. The molecule has 0 saturated carbocycles. The van der Waals surface area contributed by atoms with Gasteiger partial charge in [-0.25, -0.2) is 0 Å². The number of ether oxygens (including phenoxy) is 2. The maximum atomic E-state index is 12.7. The van der Waals surface area contributed by atoms with Crippen LogP contribution in [-0.2, 0) is 4.79 Å². The number of carbonyl (C=O) groups is 1. The Labute approximate surface area is 147 Å². The van der Waals surface area contributed by atoms with Gasteiger partial charge in [-0.15, -0.1) is 6.58 Å². The third-order valence-electron chi connectivity index (χ3n) is 4.06. The van der Waals surface area contributed by atoms with Crippen molar-refractivity contribution < 1.29 is 14.3 Å². The molecule has 1 saturated heterocycles. The highest BCUT2D eigenvalue weighted by Gasteiger charge is 2.32. The Kier molecular flexibility index (Phi) is 5.20. The molecule has 128 valence electrons. The van der Waals surface area contributed by atoms with E-state index < -0.39 is 6.10 Å². The zero-order valence-corrected chi connectivity index (χ0v) is 14.3. The number of benzene rings is 1. The van der Waals surface area contributed by atoms with E-state index in [2.05, 4.69) is 16.8 Å². The van der Waals surface area contributed by atoms with Crippen molar-refractivity contribution >= 4 is 23.2 Å². The molecule has 7 heteroatoms. The average Bonchev–Trinajstić information content (AvgIpc) is 2.65. The van der Waals surface area contributed by atoms with E-state index in [4.69, 9.17) is 21.7 Å². The molecule has 0 spiro atoms. The van der Waals surface area contributed by atoms with Crippen LogP contribution in [0.5, 0.6) is 11.5 Å². The summed E-state index contributed by atoms with van der Waals surface area (Å²) in [5.41, 5.74) is 0. The molecule has 24 heavy (non-hydrogen) atoms. The van der Waals surface area contributed by atoms with Crippen LogP contribution >= 0.6 is 12.2 Å². The maximum Gasteiger partial charge on any atom is 0.267 e. The standard InChI is InChI=1S/C17H21N3O3S/c1-2-7-18-17(24)20-10-8-19(9-11-20)16(21)15-12-22-13-5-3-4-6-14(13)23-15/h2-6,15H,1,7-12H2,(H,18,24)/t15-/m1/s1. The summed E-state index contributed by atoms with van der Waals surface area (Å²) in [6.45, 7) is 7.21. The lowest BCUT2D eigenvalue weighted by Gasteiger charge is -2.38. The van der Waals surface area contributed by atoms with Gasteiger partial charge in [0.25, 0.3) is 5.91 Å². The largest absolute Gasteiger partial charge is 0.485 e. The number of nitrogens with zero attached hydrogens (tertiary/aromatic N) is 2. The first kappa shape index (κ1) is 16.6. The molecule has 1 atom stereocenters. The third kappa shape index (κ3) is 3.62. The number of piperazine rings is 1. The second-order valence-electron chi connectivity index (χ2n) is 5.65. The molecule has 1 aromatic carbocycles. The van der Waals surface area contributed by atoms with E-state index in [-0.39, 0.29) is 12.5 Å². The van der Waals surface area contributed by atoms with Crippen LogP contribution in [0.15, 0.2) is 36.9 Å². The maximum absolute atomic E-state index is 12.7. The van der Waals surface area contributed by atoms with Crippen molar-refractivity contribution in [3.05, 3.63) is 36.9 Å². The molecule has 1 N–H and O–H groups in total. The lowest BCUT2D eigenvalue weighted by Crippen LogP contribution is -2.56. The fraction of sp³-hybridized carbons (Fsp3) is 0.412. The first-order valence-electron chi connectivity index (χ1n) is 8.00. The molecule has 1 fully saturated rings. The number of hydrogen-bond acceptors (Lipinski definition) is 4. The Morgan fingerprint density at radius 2 is 1.92 bits per heavy atom. The van der Waals surface area contributed by atoms with E-state index in [0.717, 1.165) is 0 Å². The number of para-hydroxylation sites is 2. The molecule has 1 amide bonds. The van der Waals surface area contributed by atoms with E-state index in [1.807, 2.05) is 29.2 Å². The monoisotopic (exact) mass is 347 g/mol. The van der Waals surface area contributed by atoms with Crippen LogP contribution in [0.4, 0.5) is 0 Å². The van der Waals surface area contributed by atoms with Crippen molar-refractivity contribution in [2.24, 2.45) is 0 Å². The number of thiocarbonyl (C=S) groups is 1. The Morgan fingerprint density at radius 3 is 2.62 bits per heavy atom. The smallest absolute Gasteiger partial charge is 0.267 e. The van der Waals surface area contributed by atoms with E-state index in [1.165, 1.54) is 0 Å². The summed E-state index contributed by atoms with van der Waals surface area (Å²) in [7, 11) is 0.